The molecule has 0 bridgehead atoms. The van der Waals surface area contributed by atoms with Gasteiger partial charge in [0.1, 0.15) is 10.6 Å². The van der Waals surface area contributed by atoms with Crippen molar-refractivity contribution in [1.29, 1.82) is 0 Å². The van der Waals surface area contributed by atoms with Crippen LogP contribution in [0, 0.1) is 20.8 Å². The first-order valence-corrected chi connectivity index (χ1v) is 13.3. The molecule has 9 heteroatoms. The third kappa shape index (κ3) is 5.10. The van der Waals surface area contributed by atoms with E-state index in [0.29, 0.717) is 37.5 Å². The SMILES string of the molecule is CCc1c(C)sc2nc(SCC(=O)Nc3ccc(Cl)cc3C)n(-c3ccc(OC)cc3C)c(=O)c12. The van der Waals surface area contributed by atoms with Crippen LogP contribution in [0.25, 0.3) is 15.9 Å². The summed E-state index contributed by atoms with van der Waals surface area (Å²) < 4.78 is 6.96. The fourth-order valence-corrected chi connectivity index (χ4v) is 6.21. The Balaban J connectivity index is 1.75. The number of hydrogen-bond donors (Lipinski definition) is 1. The summed E-state index contributed by atoms with van der Waals surface area (Å²) in [5.74, 6) is 0.616. The van der Waals surface area contributed by atoms with E-state index in [-0.39, 0.29) is 17.2 Å². The molecule has 2 aromatic heterocycles. The predicted molar refractivity (Wildman–Crippen MR) is 146 cm³/mol. The van der Waals surface area contributed by atoms with Crippen LogP contribution >= 0.6 is 34.7 Å². The highest BCUT2D eigenvalue weighted by Gasteiger charge is 2.21. The molecular formula is C26H26ClN3O3S2. The van der Waals surface area contributed by atoms with Gasteiger partial charge in [0, 0.05) is 15.6 Å². The molecule has 0 saturated heterocycles. The van der Waals surface area contributed by atoms with Crippen molar-refractivity contribution < 1.29 is 9.53 Å². The van der Waals surface area contributed by atoms with Gasteiger partial charge in [-0.2, -0.15) is 0 Å². The van der Waals surface area contributed by atoms with Crippen LogP contribution in [0.5, 0.6) is 5.75 Å². The summed E-state index contributed by atoms with van der Waals surface area (Å²) in [6.45, 7) is 7.88. The number of carbonyl (C=O) groups excluding carboxylic acids is 1. The molecule has 1 N–H and O–H groups in total. The third-order valence-corrected chi connectivity index (χ3v) is 8.00. The number of fused-ring (bicyclic) bond motifs is 1. The lowest BCUT2D eigenvalue weighted by Gasteiger charge is -2.15. The zero-order valence-corrected chi connectivity index (χ0v) is 22.6. The van der Waals surface area contributed by atoms with E-state index in [1.807, 2.05) is 45.9 Å². The average Bonchev–Trinajstić information content (AvgIpc) is 3.15. The summed E-state index contributed by atoms with van der Waals surface area (Å²) in [5.41, 5.74) is 4.07. The smallest absolute Gasteiger partial charge is 0.267 e. The van der Waals surface area contributed by atoms with Gasteiger partial charge in [0.25, 0.3) is 5.56 Å². The van der Waals surface area contributed by atoms with Crippen molar-refractivity contribution in [2.24, 2.45) is 0 Å². The van der Waals surface area contributed by atoms with Gasteiger partial charge in [-0.1, -0.05) is 30.3 Å². The van der Waals surface area contributed by atoms with Crippen molar-refractivity contribution in [3.05, 3.63) is 73.3 Å². The Morgan fingerprint density at radius 3 is 2.60 bits per heavy atom. The largest absolute Gasteiger partial charge is 0.497 e. The van der Waals surface area contributed by atoms with Gasteiger partial charge in [-0.05, 0) is 80.3 Å². The van der Waals surface area contributed by atoms with Crippen molar-refractivity contribution in [2.75, 3.05) is 18.2 Å². The number of rotatable bonds is 7. The maximum absolute atomic E-state index is 13.8. The van der Waals surface area contributed by atoms with E-state index >= 15 is 0 Å². The van der Waals surface area contributed by atoms with Crippen LogP contribution in [0.4, 0.5) is 5.69 Å². The minimum absolute atomic E-state index is 0.0974. The molecule has 0 unspecified atom stereocenters. The highest BCUT2D eigenvalue weighted by molar-refractivity contribution is 7.99. The van der Waals surface area contributed by atoms with E-state index in [1.165, 1.54) is 23.1 Å². The Kier molecular flexibility index (Phi) is 7.54. The molecule has 0 saturated carbocycles. The number of nitrogens with one attached hydrogen (secondary N) is 1. The fourth-order valence-electron chi connectivity index (χ4n) is 4.02. The first-order valence-electron chi connectivity index (χ1n) is 11.1. The van der Waals surface area contributed by atoms with Gasteiger partial charge in [-0.25, -0.2) is 4.98 Å². The first-order chi connectivity index (χ1) is 16.7. The predicted octanol–water partition coefficient (Wildman–Crippen LogP) is 6.33. The number of thioether (sulfide) groups is 1. The number of nitrogens with zero attached hydrogens (tertiary/aromatic N) is 2. The van der Waals surface area contributed by atoms with Crippen LogP contribution < -0.4 is 15.6 Å². The standard InChI is InChI=1S/C26H26ClN3O3S2/c1-6-19-16(4)35-24-23(19)25(32)30(21-10-8-18(33-5)12-15(21)3)26(29-24)34-13-22(31)28-20-9-7-17(27)11-14(20)2/h7-12H,6,13H2,1-5H3,(H,28,31). The quantitative estimate of drug-likeness (QED) is 0.224. The van der Waals surface area contributed by atoms with Gasteiger partial charge in [0.05, 0.1) is 23.9 Å². The second-order valence-electron chi connectivity index (χ2n) is 8.15. The maximum Gasteiger partial charge on any atom is 0.267 e. The molecule has 6 nitrogen and oxygen atoms in total. The van der Waals surface area contributed by atoms with Crippen LogP contribution in [0.1, 0.15) is 28.5 Å². The lowest BCUT2D eigenvalue weighted by atomic mass is 10.1. The molecule has 0 atom stereocenters. The van der Waals surface area contributed by atoms with Crippen molar-refractivity contribution in [2.45, 2.75) is 39.3 Å². The normalized spacial score (nSPS) is 11.1. The molecule has 182 valence electrons. The van der Waals surface area contributed by atoms with Crippen LogP contribution in [-0.2, 0) is 11.2 Å². The summed E-state index contributed by atoms with van der Waals surface area (Å²) >= 11 is 8.78. The molecule has 0 radical (unpaired) electrons. The number of methoxy groups -OCH3 is 1. The molecule has 0 aliphatic rings. The molecule has 1 amide bonds. The molecule has 0 fully saturated rings. The van der Waals surface area contributed by atoms with Crippen molar-refractivity contribution in [1.82, 2.24) is 9.55 Å². The third-order valence-electron chi connectivity index (χ3n) is 5.79. The monoisotopic (exact) mass is 527 g/mol. The van der Waals surface area contributed by atoms with Crippen LogP contribution in [-0.4, -0.2) is 28.3 Å². The second-order valence-corrected chi connectivity index (χ2v) is 10.7. The number of carbonyl (C=O) groups is 1. The summed E-state index contributed by atoms with van der Waals surface area (Å²) in [6.07, 6.45) is 0.750. The topological polar surface area (TPSA) is 73.2 Å². The van der Waals surface area contributed by atoms with Crippen molar-refractivity contribution >= 4 is 56.5 Å². The lowest BCUT2D eigenvalue weighted by molar-refractivity contribution is -0.113. The number of aryl methyl sites for hydroxylation is 4. The Hall–Kier alpha value is -2.81. The van der Waals surface area contributed by atoms with Crippen LogP contribution in [0.15, 0.2) is 46.3 Å². The number of anilines is 1. The van der Waals surface area contributed by atoms with Gasteiger partial charge in [-0.15, -0.1) is 11.3 Å². The molecule has 2 aromatic carbocycles. The minimum atomic E-state index is -0.190. The molecule has 4 rings (SSSR count). The Labute approximate surface area is 217 Å². The highest BCUT2D eigenvalue weighted by Crippen LogP contribution is 2.32. The summed E-state index contributed by atoms with van der Waals surface area (Å²) in [4.78, 5) is 33.2. The van der Waals surface area contributed by atoms with Gasteiger partial charge in [-0.3, -0.25) is 14.2 Å². The van der Waals surface area contributed by atoms with E-state index < -0.39 is 0 Å². The number of aromatic nitrogens is 2. The Morgan fingerprint density at radius 2 is 1.94 bits per heavy atom. The van der Waals surface area contributed by atoms with Crippen molar-refractivity contribution in [3.8, 4) is 11.4 Å². The second kappa shape index (κ2) is 10.4. The average molecular weight is 528 g/mol. The molecule has 0 spiro atoms. The van der Waals surface area contributed by atoms with Gasteiger partial charge < -0.3 is 10.1 Å². The summed E-state index contributed by atoms with van der Waals surface area (Å²) in [6, 6.07) is 10.9. The van der Waals surface area contributed by atoms with E-state index in [1.54, 1.807) is 29.9 Å². The minimum Gasteiger partial charge on any atom is -0.497 e. The summed E-state index contributed by atoms with van der Waals surface area (Å²) in [5, 5.41) is 4.66. The number of thiophene rings is 1. The zero-order valence-electron chi connectivity index (χ0n) is 20.2. The van der Waals surface area contributed by atoms with E-state index in [2.05, 4.69) is 5.32 Å². The van der Waals surface area contributed by atoms with Crippen LogP contribution in [0.2, 0.25) is 5.02 Å². The molecular weight excluding hydrogens is 502 g/mol. The first kappa shape index (κ1) is 25.3. The number of halogens is 1. The molecule has 4 aromatic rings. The number of hydrogen-bond acceptors (Lipinski definition) is 6. The van der Waals surface area contributed by atoms with E-state index in [9.17, 15) is 9.59 Å². The van der Waals surface area contributed by atoms with Gasteiger partial charge in [0.2, 0.25) is 5.91 Å². The van der Waals surface area contributed by atoms with Gasteiger partial charge in [0.15, 0.2) is 5.16 Å². The number of ether oxygens (including phenoxy) is 1. The molecule has 0 aliphatic carbocycles. The van der Waals surface area contributed by atoms with Crippen LogP contribution in [0.3, 0.4) is 0 Å². The number of benzene rings is 2. The highest BCUT2D eigenvalue weighted by atomic mass is 35.5. The summed E-state index contributed by atoms with van der Waals surface area (Å²) in [7, 11) is 1.61. The zero-order chi connectivity index (χ0) is 25.3. The van der Waals surface area contributed by atoms with E-state index in [0.717, 1.165) is 28.0 Å². The van der Waals surface area contributed by atoms with Crippen molar-refractivity contribution in [3.63, 3.8) is 0 Å². The Morgan fingerprint density at radius 1 is 1.17 bits per heavy atom. The van der Waals surface area contributed by atoms with Gasteiger partial charge >= 0.3 is 0 Å². The molecule has 35 heavy (non-hydrogen) atoms. The van der Waals surface area contributed by atoms with E-state index in [4.69, 9.17) is 21.3 Å². The molecule has 2 heterocycles. The number of amides is 1. The maximum atomic E-state index is 13.8. The lowest BCUT2D eigenvalue weighted by Crippen LogP contribution is -2.23. The fraction of sp³-hybridized carbons (Fsp3) is 0.269. The molecule has 0 aliphatic heterocycles. The Bertz CT molecular complexity index is 1490.